The number of nitrogens with zero attached hydrogens (tertiary/aromatic N) is 3. The van der Waals surface area contributed by atoms with Gasteiger partial charge in [-0.15, -0.1) is 16.4 Å². The van der Waals surface area contributed by atoms with Gasteiger partial charge in [0.05, 0.1) is 18.8 Å². The van der Waals surface area contributed by atoms with Crippen LogP contribution in [0.25, 0.3) is 23.2 Å². The van der Waals surface area contributed by atoms with Crippen molar-refractivity contribution in [3.05, 3.63) is 66.9 Å². The predicted molar refractivity (Wildman–Crippen MR) is 109 cm³/mol. The van der Waals surface area contributed by atoms with Crippen molar-refractivity contribution in [2.75, 3.05) is 14.2 Å². The number of ether oxygens (including phenoxy) is 2. The van der Waals surface area contributed by atoms with Crippen molar-refractivity contribution in [1.82, 2.24) is 14.6 Å². The number of hydrogen-bond acceptors (Lipinski definition) is 7. The third kappa shape index (κ3) is 3.49. The highest BCUT2D eigenvalue weighted by atomic mass is 32.1. The highest BCUT2D eigenvalue weighted by molar-refractivity contribution is 7.15. The Labute approximate surface area is 162 Å². The molecule has 4 rings (SSSR count). The lowest BCUT2D eigenvalue weighted by atomic mass is 10.2. The summed E-state index contributed by atoms with van der Waals surface area (Å²) in [6.07, 6.45) is 5.52. The first kappa shape index (κ1) is 17.4. The molecule has 6 nitrogen and oxygen atoms in total. The van der Waals surface area contributed by atoms with E-state index in [0.29, 0.717) is 26.8 Å². The van der Waals surface area contributed by atoms with Gasteiger partial charge in [-0.2, -0.15) is 9.50 Å². The van der Waals surface area contributed by atoms with Crippen molar-refractivity contribution in [2.24, 2.45) is 0 Å². The first-order chi connectivity index (χ1) is 13.2. The van der Waals surface area contributed by atoms with Gasteiger partial charge in [-0.3, -0.25) is 4.79 Å². The van der Waals surface area contributed by atoms with E-state index in [4.69, 9.17) is 9.47 Å². The topological polar surface area (TPSA) is 65.7 Å². The first-order valence-corrected chi connectivity index (χ1v) is 9.72. The van der Waals surface area contributed by atoms with E-state index < -0.39 is 0 Å². The second kappa shape index (κ2) is 7.34. The highest BCUT2D eigenvalue weighted by Gasteiger charge is 2.10. The van der Waals surface area contributed by atoms with E-state index in [9.17, 15) is 4.79 Å². The van der Waals surface area contributed by atoms with Crippen LogP contribution in [0.15, 0.2) is 40.5 Å². The maximum absolute atomic E-state index is 12.7. The Hall–Kier alpha value is -2.97. The highest BCUT2D eigenvalue weighted by Crippen LogP contribution is 2.25. The number of rotatable bonds is 5. The number of thiophene rings is 1. The monoisotopic (exact) mass is 397 g/mol. The van der Waals surface area contributed by atoms with Gasteiger partial charge in [0.2, 0.25) is 4.96 Å². The van der Waals surface area contributed by atoms with Gasteiger partial charge in [0.15, 0.2) is 5.82 Å². The van der Waals surface area contributed by atoms with Crippen LogP contribution in [0.4, 0.5) is 0 Å². The summed E-state index contributed by atoms with van der Waals surface area (Å²) in [5, 5.41) is 6.30. The third-order valence-electron chi connectivity index (χ3n) is 3.87. The fraction of sp³-hybridized carbons (Fsp3) is 0.105. The van der Waals surface area contributed by atoms with Gasteiger partial charge in [0, 0.05) is 16.5 Å². The van der Waals surface area contributed by atoms with Crippen LogP contribution < -0.4 is 19.6 Å². The molecule has 0 spiro atoms. The Morgan fingerprint density at radius 1 is 1.15 bits per heavy atom. The number of fused-ring (bicyclic) bond motifs is 1. The van der Waals surface area contributed by atoms with Gasteiger partial charge in [-0.05, 0) is 41.8 Å². The van der Waals surface area contributed by atoms with Gasteiger partial charge >= 0.3 is 0 Å². The van der Waals surface area contributed by atoms with Crippen molar-refractivity contribution in [3.8, 4) is 11.5 Å². The summed E-state index contributed by atoms with van der Waals surface area (Å²) < 4.78 is 12.5. The van der Waals surface area contributed by atoms with Crippen molar-refractivity contribution < 1.29 is 9.47 Å². The number of thiazole rings is 1. The van der Waals surface area contributed by atoms with Gasteiger partial charge in [0.25, 0.3) is 5.56 Å². The Balaban J connectivity index is 1.72. The number of aromatic nitrogens is 3. The molecule has 4 aromatic rings. The minimum atomic E-state index is -0.198. The molecular weight excluding hydrogens is 382 g/mol. The Bertz CT molecular complexity index is 1220. The Morgan fingerprint density at radius 2 is 2.04 bits per heavy atom. The molecule has 0 fully saturated rings. The van der Waals surface area contributed by atoms with Gasteiger partial charge < -0.3 is 9.47 Å². The molecule has 3 heterocycles. The molecule has 0 unspecified atom stereocenters. The van der Waals surface area contributed by atoms with Crippen LogP contribution in [0.2, 0.25) is 0 Å². The van der Waals surface area contributed by atoms with Crippen molar-refractivity contribution in [3.63, 3.8) is 0 Å². The SMILES string of the molecule is COc1ccc(/C=c2/sc3nc(/C=C/c4cccs4)nn3c2=O)c(OC)c1. The normalized spacial score (nSPS) is 12.3. The fourth-order valence-corrected chi connectivity index (χ4v) is 4.06. The van der Waals surface area contributed by atoms with Crippen molar-refractivity contribution in [1.29, 1.82) is 0 Å². The molecule has 0 aliphatic carbocycles. The van der Waals surface area contributed by atoms with Crippen LogP contribution in [0, 0.1) is 0 Å². The maximum atomic E-state index is 12.7. The fourth-order valence-electron chi connectivity index (χ4n) is 2.54. The van der Waals surface area contributed by atoms with Crippen LogP contribution in [-0.2, 0) is 0 Å². The molecule has 0 saturated heterocycles. The second-order valence-corrected chi connectivity index (χ2v) is 7.53. The van der Waals surface area contributed by atoms with Crippen LogP contribution >= 0.6 is 22.7 Å². The predicted octanol–water partition coefficient (Wildman–Crippen LogP) is 2.95. The zero-order valence-electron chi connectivity index (χ0n) is 14.6. The largest absolute Gasteiger partial charge is 0.497 e. The molecule has 0 aliphatic rings. The van der Waals surface area contributed by atoms with Gasteiger partial charge in [-0.1, -0.05) is 17.4 Å². The third-order valence-corrected chi connectivity index (χ3v) is 5.66. The molecule has 0 saturated carbocycles. The first-order valence-electron chi connectivity index (χ1n) is 8.03. The molecule has 8 heteroatoms. The summed E-state index contributed by atoms with van der Waals surface area (Å²) in [6, 6.07) is 9.44. The van der Waals surface area contributed by atoms with E-state index in [1.807, 2.05) is 35.7 Å². The maximum Gasteiger partial charge on any atom is 0.291 e. The number of benzene rings is 1. The van der Waals surface area contributed by atoms with Crippen LogP contribution in [0.3, 0.4) is 0 Å². The lowest BCUT2D eigenvalue weighted by molar-refractivity contribution is 0.393. The molecule has 0 amide bonds. The average Bonchev–Trinajstić information content (AvgIpc) is 3.40. The van der Waals surface area contributed by atoms with Gasteiger partial charge in [0.1, 0.15) is 11.5 Å². The summed E-state index contributed by atoms with van der Waals surface area (Å²) in [6.45, 7) is 0. The van der Waals surface area contributed by atoms with E-state index in [2.05, 4.69) is 10.1 Å². The quantitative estimate of drug-likeness (QED) is 0.518. The minimum Gasteiger partial charge on any atom is -0.497 e. The zero-order chi connectivity index (χ0) is 18.8. The molecule has 0 bridgehead atoms. The lowest BCUT2D eigenvalue weighted by Gasteiger charge is -2.06. The number of methoxy groups -OCH3 is 2. The molecule has 0 radical (unpaired) electrons. The molecule has 0 aliphatic heterocycles. The summed E-state index contributed by atoms with van der Waals surface area (Å²) in [5.74, 6) is 1.84. The average molecular weight is 397 g/mol. The Morgan fingerprint density at radius 3 is 2.74 bits per heavy atom. The van der Waals surface area contributed by atoms with Crippen LogP contribution in [0.5, 0.6) is 11.5 Å². The van der Waals surface area contributed by atoms with E-state index >= 15 is 0 Å². The molecule has 27 heavy (non-hydrogen) atoms. The summed E-state index contributed by atoms with van der Waals surface area (Å²) in [4.78, 5) is 18.7. The zero-order valence-corrected chi connectivity index (χ0v) is 16.2. The molecule has 0 atom stereocenters. The lowest BCUT2D eigenvalue weighted by Crippen LogP contribution is -2.23. The minimum absolute atomic E-state index is 0.198. The summed E-state index contributed by atoms with van der Waals surface area (Å²) in [7, 11) is 3.18. The van der Waals surface area contributed by atoms with Crippen LogP contribution in [0.1, 0.15) is 16.3 Å². The standard InChI is InChI=1S/C19H15N3O3S2/c1-24-13-6-5-12(15(11-13)25-2)10-16-18(23)22-19(27-16)20-17(21-22)8-7-14-4-3-9-26-14/h3-11H,1-2H3/b8-7+,16-10+. The molecule has 3 aromatic heterocycles. The smallest absolute Gasteiger partial charge is 0.291 e. The van der Waals surface area contributed by atoms with E-state index in [1.54, 1.807) is 43.8 Å². The summed E-state index contributed by atoms with van der Waals surface area (Å²) >= 11 is 2.93. The Kier molecular flexibility index (Phi) is 4.74. The molecule has 1 aromatic carbocycles. The van der Waals surface area contributed by atoms with E-state index in [-0.39, 0.29) is 5.56 Å². The van der Waals surface area contributed by atoms with E-state index in [0.717, 1.165) is 10.4 Å². The van der Waals surface area contributed by atoms with E-state index in [1.165, 1.54) is 15.9 Å². The number of hydrogen-bond donors (Lipinski definition) is 0. The molecule has 0 N–H and O–H groups in total. The second-order valence-electron chi connectivity index (χ2n) is 5.54. The van der Waals surface area contributed by atoms with Gasteiger partial charge in [-0.25, -0.2) is 0 Å². The summed E-state index contributed by atoms with van der Waals surface area (Å²) in [5.41, 5.74) is 0.592. The van der Waals surface area contributed by atoms with Crippen molar-refractivity contribution >= 4 is 45.9 Å². The molecule has 136 valence electrons. The van der Waals surface area contributed by atoms with Crippen molar-refractivity contribution in [2.45, 2.75) is 0 Å². The molecular formula is C19H15N3O3S2. The van der Waals surface area contributed by atoms with Crippen LogP contribution in [-0.4, -0.2) is 28.8 Å².